The number of carbonyl (C=O) groups is 2. The van der Waals surface area contributed by atoms with Gasteiger partial charge in [0.15, 0.2) is 0 Å². The molecule has 7 nitrogen and oxygen atoms in total. The van der Waals surface area contributed by atoms with Gasteiger partial charge in [-0.25, -0.2) is 0 Å². The van der Waals surface area contributed by atoms with Crippen molar-refractivity contribution in [2.75, 3.05) is 6.16 Å². The van der Waals surface area contributed by atoms with Gasteiger partial charge < -0.3 is 15.1 Å². The molecule has 1 aromatic heterocycles. The van der Waals surface area contributed by atoms with Crippen molar-refractivity contribution in [1.82, 2.24) is 4.98 Å². The molecule has 0 fully saturated rings. The summed E-state index contributed by atoms with van der Waals surface area (Å²) in [5, 5.41) is 17.5. The summed E-state index contributed by atoms with van der Waals surface area (Å²) in [5.41, 5.74) is 0.542. The standard InChI is InChI=1S/C12H16NO6P/c14-11(15)4-3-10(12(16)17)8-20(18,19)7-9-2-1-5-13-6-9/h1-2,5-6,10H,3-4,7-8H2,(H,14,15)(H,16,17)(H,18,19). The van der Waals surface area contributed by atoms with Crippen LogP contribution in [-0.4, -0.2) is 38.2 Å². The maximum absolute atomic E-state index is 12.1. The van der Waals surface area contributed by atoms with Gasteiger partial charge in [0.25, 0.3) is 0 Å². The summed E-state index contributed by atoms with van der Waals surface area (Å²) in [6, 6.07) is 3.25. The van der Waals surface area contributed by atoms with Crippen molar-refractivity contribution >= 4 is 19.3 Å². The van der Waals surface area contributed by atoms with E-state index < -0.39 is 31.4 Å². The molecular formula is C12H16NO6P. The van der Waals surface area contributed by atoms with Gasteiger partial charge in [-0.1, -0.05) is 6.07 Å². The van der Waals surface area contributed by atoms with Gasteiger partial charge in [-0.05, 0) is 18.1 Å². The Bertz CT molecular complexity index is 518. The fraction of sp³-hybridized carbons (Fsp3) is 0.417. The van der Waals surface area contributed by atoms with Crippen LogP contribution in [0.2, 0.25) is 0 Å². The summed E-state index contributed by atoms with van der Waals surface area (Å²) in [6.07, 6.45) is 1.85. The first-order chi connectivity index (χ1) is 9.30. The summed E-state index contributed by atoms with van der Waals surface area (Å²) >= 11 is 0. The molecule has 110 valence electrons. The molecule has 20 heavy (non-hydrogen) atoms. The van der Waals surface area contributed by atoms with E-state index in [4.69, 9.17) is 10.2 Å². The summed E-state index contributed by atoms with van der Waals surface area (Å²) in [5.74, 6) is -3.53. The first-order valence-electron chi connectivity index (χ1n) is 5.94. The Hall–Kier alpha value is -1.72. The SMILES string of the molecule is O=C(O)CCC(CP(=O)(O)Cc1cccnc1)C(=O)O. The molecule has 0 saturated heterocycles. The molecule has 0 saturated carbocycles. The van der Waals surface area contributed by atoms with E-state index in [2.05, 4.69) is 4.98 Å². The molecule has 0 aliphatic carbocycles. The number of nitrogens with zero attached hydrogens (tertiary/aromatic N) is 1. The van der Waals surface area contributed by atoms with Gasteiger partial charge in [0.05, 0.1) is 12.1 Å². The second-order valence-corrected chi connectivity index (χ2v) is 6.89. The Balaban J connectivity index is 2.68. The van der Waals surface area contributed by atoms with Crippen molar-refractivity contribution < 1.29 is 29.3 Å². The van der Waals surface area contributed by atoms with E-state index in [0.717, 1.165) is 0 Å². The molecule has 0 aliphatic heterocycles. The third-order valence-electron chi connectivity index (χ3n) is 2.71. The van der Waals surface area contributed by atoms with Crippen LogP contribution in [0, 0.1) is 5.92 Å². The Morgan fingerprint density at radius 3 is 2.55 bits per heavy atom. The van der Waals surface area contributed by atoms with Crippen LogP contribution in [0.4, 0.5) is 0 Å². The molecule has 0 aliphatic rings. The molecule has 3 N–H and O–H groups in total. The number of hydrogen-bond donors (Lipinski definition) is 3. The Morgan fingerprint density at radius 1 is 1.35 bits per heavy atom. The zero-order valence-corrected chi connectivity index (χ0v) is 11.6. The average molecular weight is 301 g/mol. The smallest absolute Gasteiger partial charge is 0.307 e. The minimum Gasteiger partial charge on any atom is -0.481 e. The molecule has 2 atom stereocenters. The highest BCUT2D eigenvalue weighted by molar-refractivity contribution is 7.57. The van der Waals surface area contributed by atoms with Gasteiger partial charge in [-0.15, -0.1) is 0 Å². The Kier molecular flexibility index (Phi) is 5.85. The van der Waals surface area contributed by atoms with E-state index in [1.165, 1.54) is 12.4 Å². The molecule has 0 amide bonds. The third kappa shape index (κ3) is 5.95. The molecule has 1 rings (SSSR count). The quantitative estimate of drug-likeness (QED) is 0.620. The average Bonchev–Trinajstić information content (AvgIpc) is 2.34. The first kappa shape index (κ1) is 16.3. The molecule has 0 aromatic carbocycles. The number of aromatic nitrogens is 1. The van der Waals surface area contributed by atoms with E-state index >= 15 is 0 Å². The second kappa shape index (κ2) is 7.17. The first-order valence-corrected chi connectivity index (χ1v) is 7.97. The van der Waals surface area contributed by atoms with Crippen molar-refractivity contribution in [2.45, 2.75) is 19.0 Å². The van der Waals surface area contributed by atoms with Crippen LogP contribution in [0.5, 0.6) is 0 Å². The molecule has 1 heterocycles. The molecule has 0 bridgehead atoms. The zero-order chi connectivity index (χ0) is 15.2. The normalized spacial score (nSPS) is 15.2. The van der Waals surface area contributed by atoms with Crippen molar-refractivity contribution in [3.63, 3.8) is 0 Å². The van der Waals surface area contributed by atoms with Crippen LogP contribution in [0.3, 0.4) is 0 Å². The molecular weight excluding hydrogens is 285 g/mol. The lowest BCUT2D eigenvalue weighted by Crippen LogP contribution is -2.19. The lowest BCUT2D eigenvalue weighted by atomic mass is 10.1. The lowest BCUT2D eigenvalue weighted by Gasteiger charge is -2.16. The maximum Gasteiger partial charge on any atom is 0.307 e. The van der Waals surface area contributed by atoms with Crippen LogP contribution in [0.15, 0.2) is 24.5 Å². The number of aliphatic carboxylic acids is 2. The van der Waals surface area contributed by atoms with E-state index in [9.17, 15) is 19.0 Å². The maximum atomic E-state index is 12.1. The predicted molar refractivity (Wildman–Crippen MR) is 70.6 cm³/mol. The highest BCUT2D eigenvalue weighted by atomic mass is 31.2. The third-order valence-corrected chi connectivity index (χ3v) is 4.58. The highest BCUT2D eigenvalue weighted by Crippen LogP contribution is 2.46. The Labute approximate surface area is 115 Å². The number of rotatable bonds is 8. The van der Waals surface area contributed by atoms with Crippen LogP contribution >= 0.6 is 7.37 Å². The van der Waals surface area contributed by atoms with Crippen molar-refractivity contribution in [3.8, 4) is 0 Å². The minimum absolute atomic E-state index is 0.164. The number of carboxylic acids is 2. The van der Waals surface area contributed by atoms with Gasteiger partial charge in [-0.3, -0.25) is 19.1 Å². The Morgan fingerprint density at radius 2 is 2.05 bits per heavy atom. The van der Waals surface area contributed by atoms with E-state index in [0.29, 0.717) is 5.56 Å². The van der Waals surface area contributed by atoms with Gasteiger partial charge in [0.1, 0.15) is 0 Å². The van der Waals surface area contributed by atoms with Crippen LogP contribution in [0.1, 0.15) is 18.4 Å². The van der Waals surface area contributed by atoms with E-state index in [1.807, 2.05) is 0 Å². The van der Waals surface area contributed by atoms with Crippen molar-refractivity contribution in [2.24, 2.45) is 5.92 Å². The van der Waals surface area contributed by atoms with Gasteiger partial charge in [-0.2, -0.15) is 0 Å². The number of carboxylic acid groups (broad SMARTS) is 2. The van der Waals surface area contributed by atoms with Gasteiger partial charge in [0.2, 0.25) is 7.37 Å². The largest absolute Gasteiger partial charge is 0.481 e. The minimum atomic E-state index is -3.70. The van der Waals surface area contributed by atoms with Gasteiger partial charge >= 0.3 is 11.9 Å². The number of pyridine rings is 1. The fourth-order valence-electron chi connectivity index (χ4n) is 1.78. The van der Waals surface area contributed by atoms with Crippen molar-refractivity contribution in [1.29, 1.82) is 0 Å². The highest BCUT2D eigenvalue weighted by Gasteiger charge is 2.29. The molecule has 8 heteroatoms. The molecule has 0 spiro atoms. The van der Waals surface area contributed by atoms with E-state index in [-0.39, 0.29) is 19.0 Å². The molecule has 1 aromatic rings. The van der Waals surface area contributed by atoms with Gasteiger partial charge in [0, 0.05) is 25.0 Å². The molecule has 0 radical (unpaired) electrons. The van der Waals surface area contributed by atoms with Crippen LogP contribution < -0.4 is 0 Å². The monoisotopic (exact) mass is 301 g/mol. The summed E-state index contributed by atoms with van der Waals surface area (Å²) in [7, 11) is -3.70. The predicted octanol–water partition coefficient (Wildman–Crippen LogP) is 1.42. The van der Waals surface area contributed by atoms with Crippen LogP contribution in [-0.2, 0) is 20.3 Å². The summed E-state index contributed by atoms with van der Waals surface area (Å²) in [4.78, 5) is 35.1. The van der Waals surface area contributed by atoms with Crippen molar-refractivity contribution in [3.05, 3.63) is 30.1 Å². The lowest BCUT2D eigenvalue weighted by molar-refractivity contribution is -0.142. The molecule has 2 unspecified atom stereocenters. The topological polar surface area (TPSA) is 125 Å². The second-order valence-electron chi connectivity index (χ2n) is 4.52. The fourth-order valence-corrected chi connectivity index (χ4v) is 3.69. The van der Waals surface area contributed by atoms with E-state index in [1.54, 1.807) is 12.1 Å². The summed E-state index contributed by atoms with van der Waals surface area (Å²) in [6.45, 7) is 0. The zero-order valence-electron chi connectivity index (χ0n) is 10.7. The van der Waals surface area contributed by atoms with Crippen LogP contribution in [0.25, 0.3) is 0 Å². The summed E-state index contributed by atoms with van der Waals surface area (Å²) < 4.78 is 12.1. The number of hydrogen-bond acceptors (Lipinski definition) is 4.